The maximum atomic E-state index is 12.2. The fourth-order valence-corrected chi connectivity index (χ4v) is 2.41. The Balaban J connectivity index is 1.82. The van der Waals surface area contributed by atoms with Crippen molar-refractivity contribution in [2.75, 3.05) is 33.2 Å². The minimum absolute atomic E-state index is 0.193. The van der Waals surface area contributed by atoms with Crippen molar-refractivity contribution in [3.05, 3.63) is 35.9 Å². The van der Waals surface area contributed by atoms with E-state index >= 15 is 0 Å². The number of carbonyl (C=O) groups is 1. The number of nitrogens with one attached hydrogen (secondary N) is 1. The molecule has 0 aromatic heterocycles. The van der Waals surface area contributed by atoms with E-state index in [-0.39, 0.29) is 5.91 Å². The molecule has 1 atom stereocenters. The molecule has 4 nitrogen and oxygen atoms in total. The summed E-state index contributed by atoms with van der Waals surface area (Å²) >= 11 is 0. The van der Waals surface area contributed by atoms with Crippen molar-refractivity contribution in [3.63, 3.8) is 0 Å². The van der Waals surface area contributed by atoms with Crippen LogP contribution < -0.4 is 5.32 Å². The molecule has 1 aliphatic rings. The van der Waals surface area contributed by atoms with Gasteiger partial charge >= 0.3 is 0 Å². The first-order valence-electron chi connectivity index (χ1n) is 6.89. The number of benzene rings is 1. The Hall–Kier alpha value is -1.39. The first-order chi connectivity index (χ1) is 9.15. The third kappa shape index (κ3) is 4.33. The van der Waals surface area contributed by atoms with E-state index in [9.17, 15) is 4.79 Å². The van der Waals surface area contributed by atoms with Crippen molar-refractivity contribution >= 4 is 5.91 Å². The summed E-state index contributed by atoms with van der Waals surface area (Å²) in [6, 6.07) is 10.6. The van der Waals surface area contributed by atoms with Crippen molar-refractivity contribution in [3.8, 4) is 0 Å². The lowest BCUT2D eigenvalue weighted by Crippen LogP contribution is -2.51. The zero-order chi connectivity index (χ0) is 13.7. The van der Waals surface area contributed by atoms with Gasteiger partial charge < -0.3 is 10.2 Å². The molecule has 0 radical (unpaired) electrons. The summed E-state index contributed by atoms with van der Waals surface area (Å²) in [5, 5.41) is 3.39. The molecule has 104 valence electrons. The van der Waals surface area contributed by atoms with Crippen LogP contribution in [0.5, 0.6) is 0 Å². The molecule has 1 aromatic rings. The van der Waals surface area contributed by atoms with Crippen LogP contribution in [0.15, 0.2) is 30.3 Å². The number of hydrogen-bond acceptors (Lipinski definition) is 3. The van der Waals surface area contributed by atoms with Crippen LogP contribution in [0, 0.1) is 0 Å². The van der Waals surface area contributed by atoms with Crippen LogP contribution in [0.1, 0.15) is 12.5 Å². The minimum atomic E-state index is 0.193. The van der Waals surface area contributed by atoms with Crippen LogP contribution in [0.25, 0.3) is 0 Å². The zero-order valence-electron chi connectivity index (χ0n) is 11.8. The third-order valence-electron chi connectivity index (χ3n) is 3.50. The van der Waals surface area contributed by atoms with E-state index in [1.54, 1.807) is 0 Å². The van der Waals surface area contributed by atoms with Crippen molar-refractivity contribution in [2.45, 2.75) is 19.5 Å². The summed E-state index contributed by atoms with van der Waals surface area (Å²) in [6.45, 7) is 6.23. The quantitative estimate of drug-likeness (QED) is 0.876. The smallest absolute Gasteiger partial charge is 0.236 e. The summed E-state index contributed by atoms with van der Waals surface area (Å²) in [4.78, 5) is 16.2. The molecule has 19 heavy (non-hydrogen) atoms. The van der Waals surface area contributed by atoms with Gasteiger partial charge in [0.05, 0.1) is 6.54 Å². The van der Waals surface area contributed by atoms with Crippen molar-refractivity contribution in [2.24, 2.45) is 0 Å². The summed E-state index contributed by atoms with van der Waals surface area (Å²) in [7, 11) is 1.88. The van der Waals surface area contributed by atoms with Gasteiger partial charge in [-0.15, -0.1) is 0 Å². The third-order valence-corrected chi connectivity index (χ3v) is 3.50. The average molecular weight is 261 g/mol. The first-order valence-corrected chi connectivity index (χ1v) is 6.89. The Morgan fingerprint density at radius 3 is 2.84 bits per heavy atom. The fourth-order valence-electron chi connectivity index (χ4n) is 2.41. The van der Waals surface area contributed by atoms with Gasteiger partial charge in [-0.1, -0.05) is 30.3 Å². The van der Waals surface area contributed by atoms with E-state index in [1.165, 1.54) is 5.56 Å². The highest BCUT2D eigenvalue weighted by atomic mass is 16.2. The van der Waals surface area contributed by atoms with Gasteiger partial charge in [0.2, 0.25) is 5.91 Å². The Bertz CT molecular complexity index is 407. The average Bonchev–Trinajstić information content (AvgIpc) is 2.40. The molecule has 0 saturated carbocycles. The first kappa shape index (κ1) is 14.0. The normalized spacial score (nSPS) is 20.2. The zero-order valence-corrected chi connectivity index (χ0v) is 11.8. The monoisotopic (exact) mass is 261 g/mol. The summed E-state index contributed by atoms with van der Waals surface area (Å²) < 4.78 is 0. The van der Waals surface area contributed by atoms with E-state index in [2.05, 4.69) is 29.3 Å². The van der Waals surface area contributed by atoms with Crippen molar-refractivity contribution < 1.29 is 4.79 Å². The number of hydrogen-bond donors (Lipinski definition) is 1. The molecule has 1 amide bonds. The number of rotatable bonds is 4. The van der Waals surface area contributed by atoms with Gasteiger partial charge in [0.1, 0.15) is 0 Å². The van der Waals surface area contributed by atoms with E-state index in [1.807, 2.05) is 30.1 Å². The van der Waals surface area contributed by atoms with Crippen molar-refractivity contribution in [1.29, 1.82) is 0 Å². The van der Waals surface area contributed by atoms with Gasteiger partial charge in [-0.05, 0) is 12.5 Å². The predicted molar refractivity (Wildman–Crippen MR) is 76.8 cm³/mol. The minimum Gasteiger partial charge on any atom is -0.340 e. The Labute approximate surface area is 115 Å². The molecule has 0 aliphatic carbocycles. The highest BCUT2D eigenvalue weighted by Gasteiger charge is 2.19. The van der Waals surface area contributed by atoms with Gasteiger partial charge in [0.25, 0.3) is 0 Å². The summed E-state index contributed by atoms with van der Waals surface area (Å²) in [5.74, 6) is 0.193. The van der Waals surface area contributed by atoms with Gasteiger partial charge in [-0.3, -0.25) is 9.69 Å². The largest absolute Gasteiger partial charge is 0.340 e. The van der Waals surface area contributed by atoms with Crippen molar-refractivity contribution in [1.82, 2.24) is 15.1 Å². The predicted octanol–water partition coefficient (Wildman–Crippen LogP) is 0.939. The van der Waals surface area contributed by atoms with Crippen LogP contribution in [-0.2, 0) is 11.3 Å². The Kier molecular flexibility index (Phi) is 4.93. The molecule has 1 fully saturated rings. The van der Waals surface area contributed by atoms with Gasteiger partial charge in [-0.2, -0.15) is 0 Å². The molecule has 4 heteroatoms. The van der Waals surface area contributed by atoms with E-state index in [4.69, 9.17) is 0 Å². The molecule has 1 saturated heterocycles. The van der Waals surface area contributed by atoms with Gasteiger partial charge in [0.15, 0.2) is 0 Å². The van der Waals surface area contributed by atoms with Crippen LogP contribution >= 0.6 is 0 Å². The number of nitrogens with zero attached hydrogens (tertiary/aromatic N) is 2. The lowest BCUT2D eigenvalue weighted by Gasteiger charge is -2.32. The number of likely N-dealkylation sites (N-methyl/N-ethyl adjacent to an activating group) is 1. The molecule has 0 bridgehead atoms. The SMILES string of the molecule is C[C@H]1CN(CC(=O)N(C)Cc2ccccc2)CCN1. The molecule has 1 heterocycles. The number of amides is 1. The number of carbonyl (C=O) groups excluding carboxylic acids is 1. The second-order valence-corrected chi connectivity index (χ2v) is 5.33. The number of piperazine rings is 1. The maximum Gasteiger partial charge on any atom is 0.236 e. The topological polar surface area (TPSA) is 35.6 Å². The maximum absolute atomic E-state index is 12.2. The second kappa shape index (κ2) is 6.68. The second-order valence-electron chi connectivity index (χ2n) is 5.33. The van der Waals surface area contributed by atoms with E-state index in [0.29, 0.717) is 19.1 Å². The van der Waals surface area contributed by atoms with E-state index in [0.717, 1.165) is 19.6 Å². The lowest BCUT2D eigenvalue weighted by atomic mass is 10.2. The molecule has 0 spiro atoms. The lowest BCUT2D eigenvalue weighted by molar-refractivity contribution is -0.131. The molecule has 1 N–H and O–H groups in total. The fraction of sp³-hybridized carbons (Fsp3) is 0.533. The Morgan fingerprint density at radius 1 is 1.42 bits per heavy atom. The highest BCUT2D eigenvalue weighted by molar-refractivity contribution is 5.78. The summed E-state index contributed by atoms with van der Waals surface area (Å²) in [6.07, 6.45) is 0. The molecule has 1 aromatic carbocycles. The molecular weight excluding hydrogens is 238 g/mol. The van der Waals surface area contributed by atoms with Crippen LogP contribution in [0.2, 0.25) is 0 Å². The highest BCUT2D eigenvalue weighted by Crippen LogP contribution is 2.04. The van der Waals surface area contributed by atoms with Gasteiger partial charge in [0, 0.05) is 39.3 Å². The molecule has 0 unspecified atom stereocenters. The standard InChI is InChI=1S/C15H23N3O/c1-13-10-18(9-8-16-13)12-15(19)17(2)11-14-6-4-3-5-7-14/h3-7,13,16H,8-12H2,1-2H3/t13-/m0/s1. The van der Waals surface area contributed by atoms with E-state index < -0.39 is 0 Å². The summed E-state index contributed by atoms with van der Waals surface area (Å²) in [5.41, 5.74) is 1.17. The molecule has 2 rings (SSSR count). The molecule has 1 aliphatic heterocycles. The van der Waals surface area contributed by atoms with Crippen LogP contribution in [-0.4, -0.2) is 55.0 Å². The van der Waals surface area contributed by atoms with Crippen LogP contribution in [0.3, 0.4) is 0 Å². The van der Waals surface area contributed by atoms with Crippen LogP contribution in [0.4, 0.5) is 0 Å². The Morgan fingerprint density at radius 2 is 2.16 bits per heavy atom. The van der Waals surface area contributed by atoms with Gasteiger partial charge in [-0.25, -0.2) is 0 Å². The molecular formula is C15H23N3O.